The van der Waals surface area contributed by atoms with Gasteiger partial charge in [0.15, 0.2) is 0 Å². The van der Waals surface area contributed by atoms with Crippen molar-refractivity contribution in [1.29, 1.82) is 0 Å². The van der Waals surface area contributed by atoms with Gasteiger partial charge in [-0.15, -0.1) is 5.54 Å². The zero-order valence-electron chi connectivity index (χ0n) is 6.53. The Kier molecular flexibility index (Phi) is 5.36. The van der Waals surface area contributed by atoms with E-state index in [1.165, 1.54) is 12.8 Å². The van der Waals surface area contributed by atoms with Gasteiger partial charge in [0.25, 0.3) is 0 Å². The van der Waals surface area contributed by atoms with Crippen LogP contribution in [-0.4, -0.2) is 12.1 Å². The largest absolute Gasteiger partial charge is 0.343 e. The molecule has 1 saturated heterocycles. The molecular formula is C8H15NY-2. The van der Waals surface area contributed by atoms with Crippen molar-refractivity contribution in [3.05, 3.63) is 13.8 Å². The average molecular weight is 214 g/mol. The van der Waals surface area contributed by atoms with Crippen molar-refractivity contribution in [3.8, 4) is 0 Å². The van der Waals surface area contributed by atoms with E-state index >= 15 is 0 Å². The van der Waals surface area contributed by atoms with Gasteiger partial charge in [0, 0.05) is 32.7 Å². The van der Waals surface area contributed by atoms with Crippen molar-refractivity contribution < 1.29 is 32.7 Å². The van der Waals surface area contributed by atoms with Gasteiger partial charge in [-0.1, -0.05) is 12.8 Å². The van der Waals surface area contributed by atoms with Gasteiger partial charge < -0.3 is 19.2 Å². The predicted molar refractivity (Wildman–Crippen MR) is 39.9 cm³/mol. The second-order valence-electron chi connectivity index (χ2n) is 2.91. The Morgan fingerprint density at radius 2 is 2.20 bits per heavy atom. The fraction of sp³-hybridized carbons (Fsp3) is 0.750. The molecule has 0 aromatic carbocycles. The van der Waals surface area contributed by atoms with Gasteiger partial charge in [-0.3, -0.25) is 0 Å². The molecule has 1 unspecified atom stereocenters. The van der Waals surface area contributed by atoms with Crippen LogP contribution in [-0.2, 0) is 32.7 Å². The van der Waals surface area contributed by atoms with Crippen LogP contribution in [0.1, 0.15) is 25.7 Å². The van der Waals surface area contributed by atoms with Crippen LogP contribution in [0.15, 0.2) is 0 Å². The van der Waals surface area contributed by atoms with Crippen molar-refractivity contribution in [2.45, 2.75) is 31.2 Å². The summed E-state index contributed by atoms with van der Waals surface area (Å²) < 4.78 is 0. The second kappa shape index (κ2) is 4.84. The van der Waals surface area contributed by atoms with Crippen molar-refractivity contribution >= 4 is 0 Å². The second-order valence-corrected chi connectivity index (χ2v) is 2.91. The molecule has 0 amide bonds. The summed E-state index contributed by atoms with van der Waals surface area (Å²) >= 11 is 0. The minimum absolute atomic E-state index is 0. The standard InChI is InChI=1S/C8H15N.Y/c1-3-5-8(2)6-4-7-9-8;/h9H,1-7H2;/q-2;. The molecule has 1 radical (unpaired) electrons. The molecule has 0 bridgehead atoms. The van der Waals surface area contributed by atoms with Crippen molar-refractivity contribution in [3.63, 3.8) is 0 Å². The summed E-state index contributed by atoms with van der Waals surface area (Å²) in [6, 6.07) is 0. The van der Waals surface area contributed by atoms with Gasteiger partial charge in [-0.2, -0.15) is 6.42 Å². The van der Waals surface area contributed by atoms with E-state index in [9.17, 15) is 0 Å². The van der Waals surface area contributed by atoms with Gasteiger partial charge in [0.05, 0.1) is 0 Å². The zero-order valence-corrected chi connectivity index (χ0v) is 9.37. The van der Waals surface area contributed by atoms with Gasteiger partial charge >= 0.3 is 0 Å². The first-order valence-electron chi connectivity index (χ1n) is 3.66. The van der Waals surface area contributed by atoms with Crippen LogP contribution in [0.5, 0.6) is 0 Å². The van der Waals surface area contributed by atoms with E-state index in [0.717, 1.165) is 19.4 Å². The summed E-state index contributed by atoms with van der Waals surface area (Å²) in [4.78, 5) is 0. The minimum atomic E-state index is 0. The average Bonchev–Trinajstić information content (AvgIpc) is 2.16. The van der Waals surface area contributed by atoms with Crippen LogP contribution < -0.4 is 5.32 Å². The first-order chi connectivity index (χ1) is 4.27. The molecule has 0 saturated carbocycles. The number of hydrogen-bond donors (Lipinski definition) is 1. The molecule has 1 rings (SSSR count). The Hall–Kier alpha value is 1.06. The number of hydrogen-bond acceptors (Lipinski definition) is 1. The van der Waals surface area contributed by atoms with Crippen LogP contribution in [0, 0.1) is 13.8 Å². The van der Waals surface area contributed by atoms with Gasteiger partial charge in [-0.05, 0) is 13.0 Å². The monoisotopic (exact) mass is 214 g/mol. The molecule has 0 aliphatic carbocycles. The first-order valence-corrected chi connectivity index (χ1v) is 3.66. The van der Waals surface area contributed by atoms with E-state index in [-0.39, 0.29) is 38.2 Å². The van der Waals surface area contributed by atoms with Crippen LogP contribution >= 0.6 is 0 Å². The Morgan fingerprint density at radius 1 is 1.50 bits per heavy atom. The van der Waals surface area contributed by atoms with E-state index in [1.54, 1.807) is 0 Å². The Morgan fingerprint density at radius 3 is 2.60 bits per heavy atom. The van der Waals surface area contributed by atoms with Crippen molar-refractivity contribution in [2.75, 3.05) is 6.54 Å². The van der Waals surface area contributed by atoms with Crippen molar-refractivity contribution in [2.24, 2.45) is 0 Å². The van der Waals surface area contributed by atoms with E-state index in [1.807, 2.05) is 0 Å². The third-order valence-electron chi connectivity index (χ3n) is 1.99. The van der Waals surface area contributed by atoms with Gasteiger partial charge in [-0.25, -0.2) is 0 Å². The summed E-state index contributed by atoms with van der Waals surface area (Å²) in [5, 5.41) is 3.38. The molecule has 2 heteroatoms. The fourth-order valence-electron chi connectivity index (χ4n) is 1.42. The fourth-order valence-corrected chi connectivity index (χ4v) is 1.42. The minimum Gasteiger partial charge on any atom is -0.343 e. The maximum Gasteiger partial charge on any atom is 0 e. The van der Waals surface area contributed by atoms with Gasteiger partial charge in [0.2, 0.25) is 0 Å². The van der Waals surface area contributed by atoms with Crippen LogP contribution in [0.2, 0.25) is 0 Å². The summed E-state index contributed by atoms with van der Waals surface area (Å²) in [5.41, 5.74) is 0.182. The molecular weight excluding hydrogens is 199 g/mol. The first kappa shape index (κ1) is 11.1. The molecule has 1 heterocycles. The molecule has 57 valence electrons. The molecule has 1 N–H and O–H groups in total. The molecule has 10 heavy (non-hydrogen) atoms. The third kappa shape index (κ3) is 2.98. The Balaban J connectivity index is 0.000000810. The Bertz CT molecular complexity index is 87.3. The SMILES string of the molecule is [CH2-]CCC1([CH2-])CCCN1.[Y]. The molecule has 1 aliphatic heterocycles. The Labute approximate surface area is 89.2 Å². The number of nitrogens with one attached hydrogen (secondary N) is 1. The molecule has 1 atom stereocenters. The van der Waals surface area contributed by atoms with Crippen LogP contribution in [0.3, 0.4) is 0 Å². The van der Waals surface area contributed by atoms with Gasteiger partial charge in [0.1, 0.15) is 0 Å². The normalized spacial score (nSPS) is 31.8. The van der Waals surface area contributed by atoms with Crippen LogP contribution in [0.25, 0.3) is 0 Å². The van der Waals surface area contributed by atoms with Crippen molar-refractivity contribution in [1.82, 2.24) is 5.32 Å². The molecule has 1 nitrogen and oxygen atoms in total. The maximum atomic E-state index is 4.11. The third-order valence-corrected chi connectivity index (χ3v) is 1.99. The smallest absolute Gasteiger partial charge is 0 e. The molecule has 1 aliphatic rings. The predicted octanol–water partition coefficient (Wildman–Crippen LogP) is 1.55. The molecule has 1 fully saturated rings. The topological polar surface area (TPSA) is 12.0 Å². The van der Waals surface area contributed by atoms with E-state index in [2.05, 4.69) is 19.2 Å². The van der Waals surface area contributed by atoms with Crippen LogP contribution in [0.4, 0.5) is 0 Å². The summed E-state index contributed by atoms with van der Waals surface area (Å²) in [5.74, 6) is 0. The molecule has 0 aromatic heterocycles. The zero-order chi connectivity index (χ0) is 6.74. The van der Waals surface area contributed by atoms with E-state index < -0.39 is 0 Å². The molecule has 0 spiro atoms. The summed E-state index contributed by atoms with van der Waals surface area (Å²) in [7, 11) is 0. The maximum absolute atomic E-state index is 4.11. The number of rotatable bonds is 2. The molecule has 0 aromatic rings. The van der Waals surface area contributed by atoms with E-state index in [0.29, 0.717) is 0 Å². The summed E-state index contributed by atoms with van der Waals surface area (Å²) in [6.45, 7) is 9.06. The quantitative estimate of drug-likeness (QED) is 0.688. The summed E-state index contributed by atoms with van der Waals surface area (Å²) in [6.07, 6.45) is 4.62. The van der Waals surface area contributed by atoms with E-state index in [4.69, 9.17) is 0 Å².